The molecule has 0 aromatic carbocycles. The number of nitrogens with one attached hydrogen (secondary N) is 1. The molecule has 0 aromatic rings. The molecule has 1 aliphatic carbocycles. The molecule has 2 atom stereocenters. The van der Waals surface area contributed by atoms with E-state index in [9.17, 15) is 4.79 Å². The topological polar surface area (TPSA) is 29.1 Å². The molecule has 0 saturated heterocycles. The molecular formula is C9H17NO. The van der Waals surface area contributed by atoms with Crippen LogP contribution >= 0.6 is 0 Å². The first-order valence-electron chi connectivity index (χ1n) is 4.44. The van der Waals surface area contributed by atoms with Crippen LogP contribution in [0.25, 0.3) is 0 Å². The first-order chi connectivity index (χ1) is 5.16. The Labute approximate surface area is 68.4 Å². The van der Waals surface area contributed by atoms with Crippen LogP contribution in [-0.2, 0) is 4.79 Å². The van der Waals surface area contributed by atoms with Gasteiger partial charge in [-0.3, -0.25) is 4.79 Å². The van der Waals surface area contributed by atoms with Crippen LogP contribution < -0.4 is 5.32 Å². The van der Waals surface area contributed by atoms with E-state index in [1.54, 1.807) is 0 Å². The summed E-state index contributed by atoms with van der Waals surface area (Å²) >= 11 is 0. The minimum absolute atomic E-state index is 0.256. The predicted molar refractivity (Wildman–Crippen MR) is 45.1 cm³/mol. The van der Waals surface area contributed by atoms with Crippen molar-refractivity contribution in [3.05, 3.63) is 0 Å². The minimum Gasteiger partial charge on any atom is -0.356 e. The van der Waals surface area contributed by atoms with E-state index in [1.165, 1.54) is 0 Å². The van der Waals surface area contributed by atoms with E-state index in [-0.39, 0.29) is 5.91 Å². The largest absolute Gasteiger partial charge is 0.356 e. The highest BCUT2D eigenvalue weighted by atomic mass is 16.2. The number of amides is 1. The van der Waals surface area contributed by atoms with Crippen molar-refractivity contribution in [3.8, 4) is 0 Å². The summed E-state index contributed by atoms with van der Waals surface area (Å²) < 4.78 is 0. The molecule has 0 spiro atoms. The fourth-order valence-electron chi connectivity index (χ4n) is 1.56. The third-order valence-electron chi connectivity index (χ3n) is 2.38. The summed E-state index contributed by atoms with van der Waals surface area (Å²) in [5.41, 5.74) is 0. The molecule has 0 bridgehead atoms. The average Bonchev–Trinajstić information content (AvgIpc) is 2.65. The fraction of sp³-hybridized carbons (Fsp3) is 0.889. The maximum atomic E-state index is 11.2. The van der Waals surface area contributed by atoms with Gasteiger partial charge in [-0.25, -0.2) is 0 Å². The van der Waals surface area contributed by atoms with Crippen molar-refractivity contribution in [2.45, 2.75) is 27.2 Å². The number of hydrogen-bond donors (Lipinski definition) is 1. The Morgan fingerprint density at radius 3 is 2.64 bits per heavy atom. The molecule has 2 heteroatoms. The molecule has 1 aliphatic rings. The lowest BCUT2D eigenvalue weighted by Gasteiger charge is -2.02. The lowest BCUT2D eigenvalue weighted by atomic mass is 10.1. The van der Waals surface area contributed by atoms with Gasteiger partial charge < -0.3 is 5.32 Å². The SMILES string of the molecule is CCNC(=O)[C@H]1C[C@@H]1C(C)C. The van der Waals surface area contributed by atoms with E-state index >= 15 is 0 Å². The first-order valence-corrected chi connectivity index (χ1v) is 4.44. The highest BCUT2D eigenvalue weighted by Gasteiger charge is 2.44. The zero-order valence-electron chi connectivity index (χ0n) is 7.55. The summed E-state index contributed by atoms with van der Waals surface area (Å²) in [6.45, 7) is 7.10. The Morgan fingerprint density at radius 1 is 1.64 bits per heavy atom. The Balaban J connectivity index is 2.26. The number of carbonyl (C=O) groups excluding carboxylic acids is 1. The highest BCUT2D eigenvalue weighted by molar-refractivity contribution is 5.81. The number of rotatable bonds is 3. The highest BCUT2D eigenvalue weighted by Crippen LogP contribution is 2.43. The predicted octanol–water partition coefficient (Wildman–Crippen LogP) is 1.41. The first kappa shape index (κ1) is 8.57. The lowest BCUT2D eigenvalue weighted by molar-refractivity contribution is -0.122. The second-order valence-electron chi connectivity index (χ2n) is 3.64. The van der Waals surface area contributed by atoms with Gasteiger partial charge >= 0.3 is 0 Å². The van der Waals surface area contributed by atoms with Gasteiger partial charge in [0, 0.05) is 12.5 Å². The van der Waals surface area contributed by atoms with Crippen LogP contribution in [0.2, 0.25) is 0 Å². The van der Waals surface area contributed by atoms with E-state index in [1.807, 2.05) is 6.92 Å². The van der Waals surface area contributed by atoms with Gasteiger partial charge in [0.2, 0.25) is 5.91 Å². The van der Waals surface area contributed by atoms with Gasteiger partial charge in [-0.1, -0.05) is 13.8 Å². The van der Waals surface area contributed by atoms with E-state index in [0.29, 0.717) is 17.8 Å². The van der Waals surface area contributed by atoms with E-state index in [0.717, 1.165) is 13.0 Å². The second kappa shape index (κ2) is 3.24. The van der Waals surface area contributed by atoms with Crippen LogP contribution in [0, 0.1) is 17.8 Å². The van der Waals surface area contributed by atoms with Gasteiger partial charge in [0.15, 0.2) is 0 Å². The van der Waals surface area contributed by atoms with Crippen molar-refractivity contribution < 1.29 is 4.79 Å². The summed E-state index contributed by atoms with van der Waals surface area (Å²) in [6.07, 6.45) is 1.10. The van der Waals surface area contributed by atoms with E-state index in [2.05, 4.69) is 19.2 Å². The van der Waals surface area contributed by atoms with Gasteiger partial charge in [0.1, 0.15) is 0 Å². The Hall–Kier alpha value is -0.530. The Kier molecular flexibility index (Phi) is 2.53. The van der Waals surface area contributed by atoms with Gasteiger partial charge in [0.25, 0.3) is 0 Å². The molecule has 11 heavy (non-hydrogen) atoms. The average molecular weight is 155 g/mol. The molecule has 0 aromatic heterocycles. The Morgan fingerprint density at radius 2 is 2.27 bits per heavy atom. The van der Waals surface area contributed by atoms with Crippen LogP contribution in [0.5, 0.6) is 0 Å². The van der Waals surface area contributed by atoms with Crippen LogP contribution in [-0.4, -0.2) is 12.5 Å². The quantitative estimate of drug-likeness (QED) is 0.656. The van der Waals surface area contributed by atoms with Gasteiger partial charge in [0.05, 0.1) is 0 Å². The fourth-order valence-corrected chi connectivity index (χ4v) is 1.56. The second-order valence-corrected chi connectivity index (χ2v) is 3.64. The van der Waals surface area contributed by atoms with E-state index < -0.39 is 0 Å². The van der Waals surface area contributed by atoms with Crippen molar-refractivity contribution in [2.24, 2.45) is 17.8 Å². The standard InChI is InChI=1S/C9H17NO/c1-4-10-9(11)8-5-7(8)6(2)3/h6-8H,4-5H2,1-3H3,(H,10,11)/t7-,8+/m1/s1. The van der Waals surface area contributed by atoms with Crippen molar-refractivity contribution >= 4 is 5.91 Å². The van der Waals surface area contributed by atoms with Crippen LogP contribution in [0.15, 0.2) is 0 Å². The molecule has 64 valence electrons. The molecule has 1 saturated carbocycles. The molecule has 1 fully saturated rings. The third-order valence-corrected chi connectivity index (χ3v) is 2.38. The number of hydrogen-bond acceptors (Lipinski definition) is 1. The van der Waals surface area contributed by atoms with Crippen molar-refractivity contribution in [2.75, 3.05) is 6.54 Å². The summed E-state index contributed by atoms with van der Waals surface area (Å²) in [4.78, 5) is 11.2. The van der Waals surface area contributed by atoms with Crippen molar-refractivity contribution in [1.29, 1.82) is 0 Å². The van der Waals surface area contributed by atoms with Crippen LogP contribution in [0.3, 0.4) is 0 Å². The molecule has 0 heterocycles. The van der Waals surface area contributed by atoms with Gasteiger partial charge in [-0.05, 0) is 25.2 Å². The van der Waals surface area contributed by atoms with Crippen molar-refractivity contribution in [1.82, 2.24) is 5.32 Å². The Bertz CT molecular complexity index is 154. The minimum atomic E-state index is 0.256. The molecule has 1 amide bonds. The zero-order chi connectivity index (χ0) is 8.43. The maximum Gasteiger partial charge on any atom is 0.223 e. The third kappa shape index (κ3) is 1.95. The van der Waals surface area contributed by atoms with Crippen LogP contribution in [0.1, 0.15) is 27.2 Å². The molecule has 1 rings (SSSR count). The molecule has 0 radical (unpaired) electrons. The molecular weight excluding hydrogens is 138 g/mol. The normalized spacial score (nSPS) is 28.7. The monoisotopic (exact) mass is 155 g/mol. The molecule has 2 nitrogen and oxygen atoms in total. The molecule has 0 aliphatic heterocycles. The maximum absolute atomic E-state index is 11.2. The molecule has 1 N–H and O–H groups in total. The smallest absolute Gasteiger partial charge is 0.223 e. The lowest BCUT2D eigenvalue weighted by Crippen LogP contribution is -2.25. The summed E-state index contributed by atoms with van der Waals surface area (Å²) in [6, 6.07) is 0. The van der Waals surface area contributed by atoms with Crippen molar-refractivity contribution in [3.63, 3.8) is 0 Å². The number of carbonyl (C=O) groups is 1. The summed E-state index contributed by atoms with van der Waals surface area (Å²) in [7, 11) is 0. The van der Waals surface area contributed by atoms with E-state index in [4.69, 9.17) is 0 Å². The van der Waals surface area contributed by atoms with Gasteiger partial charge in [-0.15, -0.1) is 0 Å². The van der Waals surface area contributed by atoms with Crippen LogP contribution in [0.4, 0.5) is 0 Å². The summed E-state index contributed by atoms with van der Waals surface area (Å²) in [5.74, 6) is 1.91. The summed E-state index contributed by atoms with van der Waals surface area (Å²) in [5, 5.41) is 2.85. The van der Waals surface area contributed by atoms with Gasteiger partial charge in [-0.2, -0.15) is 0 Å². The molecule has 0 unspecified atom stereocenters. The zero-order valence-corrected chi connectivity index (χ0v) is 7.55.